The molecule has 8 nitrogen and oxygen atoms in total. The highest BCUT2D eigenvalue weighted by atomic mass is 35.5. The fraction of sp³-hybridized carbons (Fsp3) is 0.440. The van der Waals surface area contributed by atoms with Gasteiger partial charge in [-0.3, -0.25) is 19.4 Å². The topological polar surface area (TPSA) is 119 Å². The van der Waals surface area contributed by atoms with Crippen molar-refractivity contribution in [2.24, 2.45) is 5.92 Å². The van der Waals surface area contributed by atoms with Crippen LogP contribution in [0, 0.1) is 5.92 Å². The normalized spacial score (nSPS) is 16.7. The van der Waals surface area contributed by atoms with Gasteiger partial charge in [0.2, 0.25) is 5.91 Å². The van der Waals surface area contributed by atoms with Crippen molar-refractivity contribution in [3.63, 3.8) is 0 Å². The maximum atomic E-state index is 13.6. The van der Waals surface area contributed by atoms with Crippen molar-refractivity contribution in [2.45, 2.75) is 26.7 Å². The van der Waals surface area contributed by atoms with E-state index >= 15 is 0 Å². The Hall–Kier alpha value is -2.20. The Labute approximate surface area is 220 Å². The molecule has 10 heteroatoms. The zero-order chi connectivity index (χ0) is 21.8. The third-order valence-electron chi connectivity index (χ3n) is 6.40. The number of rotatable bonds is 6. The number of carbonyl (C=O) groups excluding carboxylic acids is 2. The van der Waals surface area contributed by atoms with Crippen LogP contribution in [-0.4, -0.2) is 71.8 Å². The van der Waals surface area contributed by atoms with Gasteiger partial charge in [-0.05, 0) is 62.7 Å². The number of hydrogen-bond donors (Lipinski definition) is 1. The lowest BCUT2D eigenvalue weighted by Gasteiger charge is -2.36. The van der Waals surface area contributed by atoms with E-state index in [0.717, 1.165) is 44.8 Å². The molecule has 196 valence electrons. The minimum absolute atomic E-state index is 0. The summed E-state index contributed by atoms with van der Waals surface area (Å²) in [4.78, 5) is 32.9. The molecule has 0 saturated carbocycles. The first kappa shape index (κ1) is 32.8. The van der Waals surface area contributed by atoms with Crippen molar-refractivity contribution >= 4 is 53.7 Å². The van der Waals surface area contributed by atoms with Crippen molar-refractivity contribution < 1.29 is 20.5 Å². The molecule has 2 amide bonds. The van der Waals surface area contributed by atoms with Gasteiger partial charge in [0.1, 0.15) is 0 Å². The molecule has 1 unspecified atom stereocenters. The van der Waals surface area contributed by atoms with Gasteiger partial charge in [-0.25, -0.2) is 0 Å². The molecule has 4 rings (SSSR count). The Morgan fingerprint density at radius 2 is 1.63 bits per heavy atom. The predicted octanol–water partition coefficient (Wildman–Crippen LogP) is 3.17. The van der Waals surface area contributed by atoms with E-state index < -0.39 is 0 Å². The van der Waals surface area contributed by atoms with Gasteiger partial charge in [0.05, 0.1) is 29.2 Å². The number of hydrogen-bond acceptors (Lipinski definition) is 4. The lowest BCUT2D eigenvalue weighted by atomic mass is 9.97. The van der Waals surface area contributed by atoms with Gasteiger partial charge in [0.15, 0.2) is 0 Å². The minimum atomic E-state index is -0.185. The van der Waals surface area contributed by atoms with Crippen LogP contribution in [0.25, 0.3) is 0 Å². The molecule has 1 atom stereocenters. The number of likely N-dealkylation sites (tertiary alicyclic amines) is 1. The predicted molar refractivity (Wildman–Crippen MR) is 147 cm³/mol. The van der Waals surface area contributed by atoms with Crippen molar-refractivity contribution in [3.05, 3.63) is 54.1 Å². The van der Waals surface area contributed by atoms with Crippen LogP contribution in [0.2, 0.25) is 0 Å². The Morgan fingerprint density at radius 3 is 2.31 bits per heavy atom. The molecule has 2 aliphatic rings. The summed E-state index contributed by atoms with van der Waals surface area (Å²) in [5, 5.41) is 2.96. The fourth-order valence-corrected chi connectivity index (χ4v) is 4.78. The second kappa shape index (κ2) is 15.0. The Kier molecular flexibility index (Phi) is 14.1. The van der Waals surface area contributed by atoms with Crippen LogP contribution < -0.4 is 10.2 Å². The van der Waals surface area contributed by atoms with Gasteiger partial charge in [-0.1, -0.05) is 38.1 Å². The SMILES string of the molecule is CCN(CC)CC1CCCN(CC(=O)N2c3ccccc3NC(=O)c3ccccc32)C1.Cl.Cl.O.O. The molecule has 1 fully saturated rings. The summed E-state index contributed by atoms with van der Waals surface area (Å²) in [5.41, 5.74) is 2.55. The minimum Gasteiger partial charge on any atom is -0.412 e. The number of anilines is 3. The maximum Gasteiger partial charge on any atom is 0.257 e. The van der Waals surface area contributed by atoms with Crippen LogP contribution >= 0.6 is 24.8 Å². The first-order valence-electron chi connectivity index (χ1n) is 11.4. The molecule has 0 aromatic heterocycles. The summed E-state index contributed by atoms with van der Waals surface area (Å²) in [6.07, 6.45) is 2.33. The standard InChI is InChI=1S/C25H32N4O2.2ClH.2H2O/c1-3-27(4-2)16-19-10-9-15-28(17-19)18-24(30)29-22-13-7-5-11-20(22)25(31)26-21-12-6-8-14-23(21)29;;;;/h5-8,11-14,19H,3-4,9-10,15-18H2,1-2H3,(H,26,31);2*1H;2*1H2. The van der Waals surface area contributed by atoms with Gasteiger partial charge >= 0.3 is 0 Å². The lowest BCUT2D eigenvalue weighted by Crippen LogP contribution is -2.45. The van der Waals surface area contributed by atoms with Crippen LogP contribution in [0.1, 0.15) is 37.0 Å². The number of para-hydroxylation sites is 3. The number of nitrogens with zero attached hydrogens (tertiary/aromatic N) is 3. The number of fused-ring (bicyclic) bond motifs is 2. The van der Waals surface area contributed by atoms with Crippen LogP contribution in [-0.2, 0) is 4.79 Å². The average molecular weight is 530 g/mol. The zero-order valence-electron chi connectivity index (χ0n) is 20.3. The molecule has 2 heterocycles. The molecular weight excluding hydrogens is 491 g/mol. The number of piperidine rings is 1. The van der Waals surface area contributed by atoms with Crippen LogP contribution in [0.4, 0.5) is 17.1 Å². The summed E-state index contributed by atoms with van der Waals surface area (Å²) in [6, 6.07) is 14.9. The molecule has 1 saturated heterocycles. The van der Waals surface area contributed by atoms with Gasteiger partial charge in [0.25, 0.3) is 5.91 Å². The van der Waals surface area contributed by atoms with E-state index in [1.807, 2.05) is 42.5 Å². The summed E-state index contributed by atoms with van der Waals surface area (Å²) in [7, 11) is 0. The molecule has 0 aliphatic carbocycles. The first-order chi connectivity index (χ1) is 15.1. The molecule has 35 heavy (non-hydrogen) atoms. The van der Waals surface area contributed by atoms with Gasteiger partial charge < -0.3 is 21.2 Å². The summed E-state index contributed by atoms with van der Waals surface area (Å²) < 4.78 is 0. The number of carbonyl (C=O) groups is 2. The molecule has 2 aliphatic heterocycles. The smallest absolute Gasteiger partial charge is 0.257 e. The highest BCUT2D eigenvalue weighted by molar-refractivity contribution is 6.17. The van der Waals surface area contributed by atoms with Gasteiger partial charge in [-0.2, -0.15) is 0 Å². The molecule has 0 radical (unpaired) electrons. The summed E-state index contributed by atoms with van der Waals surface area (Å²) in [5.74, 6) is 0.406. The van der Waals surface area contributed by atoms with Crippen molar-refractivity contribution in [1.82, 2.24) is 9.80 Å². The Morgan fingerprint density at radius 1 is 1.00 bits per heavy atom. The third kappa shape index (κ3) is 7.39. The highest BCUT2D eigenvalue weighted by Crippen LogP contribution is 2.37. The molecular formula is C25H38Cl2N4O4. The fourth-order valence-electron chi connectivity index (χ4n) is 4.78. The summed E-state index contributed by atoms with van der Waals surface area (Å²) in [6.45, 7) is 9.86. The molecule has 2 aromatic rings. The Balaban J connectivity index is 0.00000289. The van der Waals surface area contributed by atoms with E-state index in [1.54, 1.807) is 11.0 Å². The molecule has 2 aromatic carbocycles. The second-order valence-electron chi connectivity index (χ2n) is 8.45. The van der Waals surface area contributed by atoms with Crippen molar-refractivity contribution in [3.8, 4) is 0 Å². The Bertz CT molecular complexity index is 959. The van der Waals surface area contributed by atoms with E-state index in [1.165, 1.54) is 6.42 Å². The van der Waals surface area contributed by atoms with E-state index in [4.69, 9.17) is 0 Å². The molecule has 0 spiro atoms. The number of halogens is 2. The van der Waals surface area contributed by atoms with E-state index in [0.29, 0.717) is 29.4 Å². The van der Waals surface area contributed by atoms with E-state index in [9.17, 15) is 9.59 Å². The van der Waals surface area contributed by atoms with Crippen LogP contribution in [0.3, 0.4) is 0 Å². The van der Waals surface area contributed by atoms with Crippen LogP contribution in [0.15, 0.2) is 48.5 Å². The van der Waals surface area contributed by atoms with Gasteiger partial charge in [0, 0.05) is 13.1 Å². The monoisotopic (exact) mass is 528 g/mol. The largest absolute Gasteiger partial charge is 0.412 e. The first-order valence-corrected chi connectivity index (χ1v) is 11.4. The van der Waals surface area contributed by atoms with Crippen molar-refractivity contribution in [1.29, 1.82) is 0 Å². The van der Waals surface area contributed by atoms with E-state index in [-0.39, 0.29) is 47.6 Å². The quantitative estimate of drug-likeness (QED) is 0.618. The van der Waals surface area contributed by atoms with Crippen molar-refractivity contribution in [2.75, 3.05) is 49.5 Å². The average Bonchev–Trinajstić information content (AvgIpc) is 2.91. The van der Waals surface area contributed by atoms with Crippen LogP contribution in [0.5, 0.6) is 0 Å². The van der Waals surface area contributed by atoms with E-state index in [2.05, 4.69) is 29.0 Å². The lowest BCUT2D eigenvalue weighted by molar-refractivity contribution is -0.119. The summed E-state index contributed by atoms with van der Waals surface area (Å²) >= 11 is 0. The number of benzene rings is 2. The zero-order valence-corrected chi connectivity index (χ0v) is 22.0. The second-order valence-corrected chi connectivity index (χ2v) is 8.45. The maximum absolute atomic E-state index is 13.6. The molecule has 0 bridgehead atoms. The molecule has 5 N–H and O–H groups in total. The highest BCUT2D eigenvalue weighted by Gasteiger charge is 2.31. The number of nitrogens with one attached hydrogen (secondary N) is 1. The number of amides is 2. The third-order valence-corrected chi connectivity index (χ3v) is 6.40. The van der Waals surface area contributed by atoms with Gasteiger partial charge in [-0.15, -0.1) is 24.8 Å².